The summed E-state index contributed by atoms with van der Waals surface area (Å²) in [4.78, 5) is 4.26. The lowest BCUT2D eigenvalue weighted by Crippen LogP contribution is -2.17. The van der Waals surface area contributed by atoms with Gasteiger partial charge < -0.3 is 4.74 Å². The lowest BCUT2D eigenvalue weighted by Gasteiger charge is -2.13. The SMILES string of the molecule is FC(F)(F)Oc1ccc(C(Br)c2ccc3cccc(Cl)c3n2)cc1. The standard InChI is InChI=1S/C17H10BrClF3NO/c18-15(10-4-7-12(8-5-10)24-17(20,21)22)14-9-6-11-2-1-3-13(19)16(11)23-14/h1-9,15H. The fourth-order valence-corrected chi connectivity index (χ4v) is 3.06. The van der Waals surface area contributed by atoms with E-state index in [1.54, 1.807) is 18.2 Å². The molecule has 1 unspecified atom stereocenters. The summed E-state index contributed by atoms with van der Waals surface area (Å²) in [6, 6.07) is 14.9. The van der Waals surface area contributed by atoms with Crippen LogP contribution in [0.15, 0.2) is 54.6 Å². The zero-order valence-electron chi connectivity index (χ0n) is 12.0. The number of benzene rings is 2. The van der Waals surface area contributed by atoms with E-state index in [0.717, 1.165) is 10.9 Å². The molecule has 2 nitrogen and oxygen atoms in total. The van der Waals surface area contributed by atoms with Gasteiger partial charge in [0.25, 0.3) is 0 Å². The Hall–Kier alpha value is -1.79. The molecule has 1 heterocycles. The second-order valence-electron chi connectivity index (χ2n) is 5.03. The molecule has 1 atom stereocenters. The van der Waals surface area contributed by atoms with Gasteiger partial charge >= 0.3 is 6.36 Å². The molecular weight excluding hydrogens is 407 g/mol. The molecule has 0 radical (unpaired) electrons. The number of pyridine rings is 1. The van der Waals surface area contributed by atoms with E-state index in [9.17, 15) is 13.2 Å². The molecule has 3 rings (SSSR count). The highest BCUT2D eigenvalue weighted by molar-refractivity contribution is 9.09. The molecule has 0 saturated heterocycles. The number of halogens is 5. The predicted molar refractivity (Wildman–Crippen MR) is 90.6 cm³/mol. The maximum absolute atomic E-state index is 12.2. The Kier molecular flexibility index (Phi) is 4.69. The van der Waals surface area contributed by atoms with Gasteiger partial charge in [-0.15, -0.1) is 13.2 Å². The first-order chi connectivity index (χ1) is 11.3. The minimum Gasteiger partial charge on any atom is -0.406 e. The third-order valence-corrected chi connectivity index (χ3v) is 4.66. The maximum Gasteiger partial charge on any atom is 0.573 e. The molecule has 0 fully saturated rings. The average molecular weight is 417 g/mol. The number of para-hydroxylation sites is 1. The van der Waals surface area contributed by atoms with Crippen LogP contribution in [0.5, 0.6) is 5.75 Å². The van der Waals surface area contributed by atoms with Crippen molar-refractivity contribution in [1.29, 1.82) is 0 Å². The van der Waals surface area contributed by atoms with Gasteiger partial charge in [-0.1, -0.05) is 57.9 Å². The highest BCUT2D eigenvalue weighted by Crippen LogP contribution is 2.33. The first-order valence-corrected chi connectivity index (χ1v) is 8.18. The fourth-order valence-electron chi connectivity index (χ4n) is 2.28. The summed E-state index contributed by atoms with van der Waals surface area (Å²) in [6.45, 7) is 0. The molecule has 24 heavy (non-hydrogen) atoms. The molecule has 0 aliphatic rings. The van der Waals surface area contributed by atoms with Crippen LogP contribution in [0.4, 0.5) is 13.2 Å². The minimum absolute atomic E-state index is 0.263. The monoisotopic (exact) mass is 415 g/mol. The van der Waals surface area contributed by atoms with Crippen molar-refractivity contribution in [2.75, 3.05) is 0 Å². The summed E-state index contributed by atoms with van der Waals surface area (Å²) < 4.78 is 40.5. The lowest BCUT2D eigenvalue weighted by molar-refractivity contribution is -0.274. The van der Waals surface area contributed by atoms with Gasteiger partial charge in [0.15, 0.2) is 0 Å². The first-order valence-electron chi connectivity index (χ1n) is 6.88. The second kappa shape index (κ2) is 6.61. The van der Waals surface area contributed by atoms with Gasteiger partial charge in [0.05, 0.1) is 21.1 Å². The first kappa shape index (κ1) is 17.0. The summed E-state index contributed by atoms with van der Waals surface area (Å²) in [5, 5.41) is 1.46. The molecule has 7 heteroatoms. The fraction of sp³-hybridized carbons (Fsp3) is 0.118. The molecule has 1 aromatic heterocycles. The van der Waals surface area contributed by atoms with Crippen LogP contribution in [-0.2, 0) is 0 Å². The quantitative estimate of drug-likeness (QED) is 0.469. The average Bonchev–Trinajstić information content (AvgIpc) is 2.53. The highest BCUT2D eigenvalue weighted by atomic mass is 79.9. The summed E-state index contributed by atoms with van der Waals surface area (Å²) in [5.41, 5.74) is 2.14. The van der Waals surface area contributed by atoms with Crippen LogP contribution < -0.4 is 4.74 Å². The molecule has 0 aliphatic heterocycles. The number of nitrogens with zero attached hydrogens (tertiary/aromatic N) is 1. The smallest absolute Gasteiger partial charge is 0.406 e. The zero-order valence-corrected chi connectivity index (χ0v) is 14.4. The van der Waals surface area contributed by atoms with Crippen molar-refractivity contribution in [2.45, 2.75) is 11.2 Å². The molecule has 0 spiro atoms. The number of hydrogen-bond donors (Lipinski definition) is 0. The van der Waals surface area contributed by atoms with Crippen molar-refractivity contribution in [3.8, 4) is 5.75 Å². The van der Waals surface area contributed by atoms with Crippen LogP contribution in [0.1, 0.15) is 16.1 Å². The number of ether oxygens (including phenoxy) is 1. The van der Waals surface area contributed by atoms with Crippen molar-refractivity contribution >= 4 is 38.4 Å². The lowest BCUT2D eigenvalue weighted by atomic mass is 10.1. The van der Waals surface area contributed by atoms with Crippen LogP contribution in [0.2, 0.25) is 5.02 Å². The van der Waals surface area contributed by atoms with E-state index in [-0.39, 0.29) is 10.6 Å². The maximum atomic E-state index is 12.2. The van der Waals surface area contributed by atoms with Crippen molar-refractivity contribution in [3.05, 3.63) is 70.9 Å². The van der Waals surface area contributed by atoms with Gasteiger partial charge in [-0.3, -0.25) is 0 Å². The third-order valence-electron chi connectivity index (χ3n) is 3.36. The Labute approximate surface area is 149 Å². The number of rotatable bonds is 3. The van der Waals surface area contributed by atoms with Crippen molar-refractivity contribution in [2.24, 2.45) is 0 Å². The van der Waals surface area contributed by atoms with E-state index >= 15 is 0 Å². The molecule has 0 aliphatic carbocycles. The van der Waals surface area contributed by atoms with E-state index in [1.165, 1.54) is 12.1 Å². The molecule has 0 bridgehead atoms. The van der Waals surface area contributed by atoms with Gasteiger partial charge in [0.2, 0.25) is 0 Å². The molecule has 3 aromatic rings. The largest absolute Gasteiger partial charge is 0.573 e. The summed E-state index contributed by atoms with van der Waals surface area (Å²) in [5.74, 6) is -0.263. The van der Waals surface area contributed by atoms with Gasteiger partial charge in [-0.05, 0) is 29.8 Å². The topological polar surface area (TPSA) is 22.1 Å². The summed E-state index contributed by atoms with van der Waals surface area (Å²) >= 11 is 9.68. The Morgan fingerprint density at radius 1 is 1.00 bits per heavy atom. The second-order valence-corrected chi connectivity index (χ2v) is 6.35. The van der Waals surface area contributed by atoms with Crippen LogP contribution in [0.25, 0.3) is 10.9 Å². The van der Waals surface area contributed by atoms with E-state index in [0.29, 0.717) is 16.2 Å². The van der Waals surface area contributed by atoms with E-state index < -0.39 is 6.36 Å². The van der Waals surface area contributed by atoms with E-state index in [1.807, 2.05) is 24.3 Å². The number of alkyl halides is 4. The Bertz CT molecular complexity index is 868. The Balaban J connectivity index is 1.88. The molecule has 0 saturated carbocycles. The molecule has 124 valence electrons. The molecule has 2 aromatic carbocycles. The van der Waals surface area contributed by atoms with E-state index in [4.69, 9.17) is 11.6 Å². The van der Waals surface area contributed by atoms with Gasteiger partial charge in [0.1, 0.15) is 5.75 Å². The van der Waals surface area contributed by atoms with Crippen molar-refractivity contribution in [1.82, 2.24) is 4.98 Å². The molecule has 0 amide bonds. The Morgan fingerprint density at radius 2 is 1.71 bits per heavy atom. The van der Waals surface area contributed by atoms with Crippen LogP contribution in [0, 0.1) is 0 Å². The third kappa shape index (κ3) is 3.82. The van der Waals surface area contributed by atoms with Crippen LogP contribution in [-0.4, -0.2) is 11.3 Å². The molecule has 0 N–H and O–H groups in total. The predicted octanol–water partition coefficient (Wildman–Crippen LogP) is 6.27. The van der Waals surface area contributed by atoms with Crippen molar-refractivity contribution < 1.29 is 17.9 Å². The van der Waals surface area contributed by atoms with E-state index in [2.05, 4.69) is 25.7 Å². The Morgan fingerprint density at radius 3 is 2.38 bits per heavy atom. The van der Waals surface area contributed by atoms with Crippen LogP contribution in [0.3, 0.4) is 0 Å². The minimum atomic E-state index is -4.70. The van der Waals surface area contributed by atoms with Gasteiger partial charge in [-0.2, -0.15) is 0 Å². The number of fused-ring (bicyclic) bond motifs is 1. The van der Waals surface area contributed by atoms with Crippen molar-refractivity contribution in [3.63, 3.8) is 0 Å². The summed E-state index contributed by atoms with van der Waals surface area (Å²) in [6.07, 6.45) is -4.70. The highest BCUT2D eigenvalue weighted by Gasteiger charge is 2.31. The number of hydrogen-bond acceptors (Lipinski definition) is 2. The van der Waals surface area contributed by atoms with Gasteiger partial charge in [-0.25, -0.2) is 4.98 Å². The number of aromatic nitrogens is 1. The zero-order chi connectivity index (χ0) is 17.3. The normalized spacial score (nSPS) is 13.0. The molecular formula is C17H10BrClF3NO. The van der Waals surface area contributed by atoms with Crippen LogP contribution >= 0.6 is 27.5 Å². The summed E-state index contributed by atoms with van der Waals surface area (Å²) in [7, 11) is 0. The van der Waals surface area contributed by atoms with Gasteiger partial charge in [0, 0.05) is 5.39 Å².